The fraction of sp³-hybridized carbons (Fsp3) is 0.250. The summed E-state index contributed by atoms with van der Waals surface area (Å²) >= 11 is 0. The van der Waals surface area contributed by atoms with E-state index in [9.17, 15) is 14.7 Å². The molecule has 0 saturated carbocycles. The highest BCUT2D eigenvalue weighted by atomic mass is 16.5. The summed E-state index contributed by atoms with van der Waals surface area (Å²) in [4.78, 5) is 33.1. The van der Waals surface area contributed by atoms with E-state index in [-0.39, 0.29) is 43.0 Å². The summed E-state index contributed by atoms with van der Waals surface area (Å²) in [5.41, 5.74) is 3.24. The predicted molar refractivity (Wildman–Crippen MR) is 130 cm³/mol. The van der Waals surface area contributed by atoms with Crippen molar-refractivity contribution in [3.63, 3.8) is 0 Å². The first-order valence-corrected chi connectivity index (χ1v) is 11.5. The molecule has 3 aromatic rings. The number of fused-ring (bicyclic) bond motifs is 1. The molecular weight excluding hydrogens is 442 g/mol. The maximum absolute atomic E-state index is 12.9. The largest absolute Gasteiger partial charge is 0.497 e. The molecule has 2 amide bonds. The molecule has 2 aliphatic heterocycles. The van der Waals surface area contributed by atoms with Crippen LogP contribution in [0.15, 0.2) is 73.1 Å². The lowest BCUT2D eigenvalue weighted by Crippen LogP contribution is -2.73. The highest BCUT2D eigenvalue weighted by Crippen LogP contribution is 2.43. The number of methoxy groups -OCH3 is 1. The van der Waals surface area contributed by atoms with Crippen LogP contribution in [0.1, 0.15) is 33.0 Å². The molecule has 0 bridgehead atoms. The van der Waals surface area contributed by atoms with Gasteiger partial charge >= 0.3 is 0 Å². The van der Waals surface area contributed by atoms with Crippen molar-refractivity contribution in [3.8, 4) is 17.6 Å². The standard InChI is InChI=1S/C28H25N3O4/c1-35-23-12-8-20(9-13-23)5-4-19-6-10-21(11-7-19)27-24-16-30(17-26(33)31(24)25(27)18-32)28(34)22-3-2-14-29-15-22/h2-3,6-15,24-25,27,32H,16-18H2,1H3/t24-,25-,27+/m1/s1. The summed E-state index contributed by atoms with van der Waals surface area (Å²) in [7, 11) is 1.63. The number of aliphatic hydroxyl groups is 1. The van der Waals surface area contributed by atoms with Crippen LogP contribution in [-0.4, -0.2) is 70.6 Å². The average molecular weight is 468 g/mol. The first-order chi connectivity index (χ1) is 17.1. The Balaban J connectivity index is 1.33. The van der Waals surface area contributed by atoms with Crippen molar-refractivity contribution in [1.29, 1.82) is 0 Å². The maximum Gasteiger partial charge on any atom is 0.255 e. The number of ether oxygens (including phenoxy) is 1. The lowest BCUT2D eigenvalue weighted by molar-refractivity contribution is -0.159. The number of aromatic nitrogens is 1. The fourth-order valence-electron chi connectivity index (χ4n) is 4.93. The Hall–Kier alpha value is -4.15. The van der Waals surface area contributed by atoms with Crippen LogP contribution >= 0.6 is 0 Å². The fourth-order valence-corrected chi connectivity index (χ4v) is 4.93. The number of pyridine rings is 1. The summed E-state index contributed by atoms with van der Waals surface area (Å²) in [6, 6.07) is 18.4. The average Bonchev–Trinajstić information content (AvgIpc) is 2.89. The van der Waals surface area contributed by atoms with Crippen molar-refractivity contribution >= 4 is 11.8 Å². The summed E-state index contributed by atoms with van der Waals surface area (Å²) < 4.78 is 5.17. The molecule has 3 atom stereocenters. The molecule has 1 N–H and O–H groups in total. The molecule has 2 aromatic carbocycles. The van der Waals surface area contributed by atoms with E-state index in [0.717, 1.165) is 22.4 Å². The predicted octanol–water partition coefficient (Wildman–Crippen LogP) is 2.30. The van der Waals surface area contributed by atoms with Gasteiger partial charge in [-0.1, -0.05) is 24.0 Å². The zero-order valence-corrected chi connectivity index (χ0v) is 19.3. The van der Waals surface area contributed by atoms with E-state index < -0.39 is 0 Å². The number of hydrogen-bond donors (Lipinski definition) is 1. The van der Waals surface area contributed by atoms with Gasteiger partial charge in [-0.2, -0.15) is 0 Å². The molecule has 7 heteroatoms. The van der Waals surface area contributed by atoms with Gasteiger partial charge in [-0.3, -0.25) is 14.6 Å². The van der Waals surface area contributed by atoms with Crippen molar-refractivity contribution in [2.45, 2.75) is 18.0 Å². The number of piperazine rings is 1. The van der Waals surface area contributed by atoms with Gasteiger partial charge in [-0.15, -0.1) is 0 Å². The van der Waals surface area contributed by atoms with Crippen molar-refractivity contribution in [2.75, 3.05) is 26.8 Å². The Morgan fingerprint density at radius 2 is 1.77 bits per heavy atom. The maximum atomic E-state index is 12.9. The van der Waals surface area contributed by atoms with Crippen LogP contribution in [0.5, 0.6) is 5.75 Å². The van der Waals surface area contributed by atoms with E-state index in [2.05, 4.69) is 16.8 Å². The van der Waals surface area contributed by atoms with Gasteiger partial charge < -0.3 is 19.6 Å². The molecular formula is C28H25N3O4. The minimum Gasteiger partial charge on any atom is -0.497 e. The van der Waals surface area contributed by atoms with Crippen molar-refractivity contribution in [3.05, 3.63) is 95.3 Å². The third-order valence-corrected chi connectivity index (χ3v) is 6.68. The van der Waals surface area contributed by atoms with Crippen LogP contribution in [0.3, 0.4) is 0 Å². The van der Waals surface area contributed by atoms with E-state index in [1.165, 1.54) is 6.20 Å². The second kappa shape index (κ2) is 9.61. The number of carbonyl (C=O) groups excluding carboxylic acids is 2. The highest BCUT2D eigenvalue weighted by molar-refractivity contribution is 5.97. The Morgan fingerprint density at radius 1 is 1.09 bits per heavy atom. The molecule has 35 heavy (non-hydrogen) atoms. The molecule has 5 rings (SSSR count). The molecule has 2 aliphatic rings. The summed E-state index contributed by atoms with van der Waals surface area (Å²) in [5.74, 6) is 6.69. The molecule has 0 aliphatic carbocycles. The van der Waals surface area contributed by atoms with E-state index in [4.69, 9.17) is 4.74 Å². The first kappa shape index (κ1) is 22.6. The number of carbonyl (C=O) groups is 2. The molecule has 3 heterocycles. The molecule has 2 saturated heterocycles. The van der Waals surface area contributed by atoms with Crippen LogP contribution in [0, 0.1) is 11.8 Å². The number of nitrogens with zero attached hydrogens (tertiary/aromatic N) is 3. The molecule has 7 nitrogen and oxygen atoms in total. The second-order valence-electron chi connectivity index (χ2n) is 8.67. The van der Waals surface area contributed by atoms with Gasteiger partial charge in [0.15, 0.2) is 0 Å². The van der Waals surface area contributed by atoms with Gasteiger partial charge in [0.2, 0.25) is 5.91 Å². The molecule has 1 aromatic heterocycles. The van der Waals surface area contributed by atoms with Gasteiger partial charge in [0, 0.05) is 36.0 Å². The van der Waals surface area contributed by atoms with Gasteiger partial charge in [-0.25, -0.2) is 0 Å². The normalized spacial score (nSPS) is 20.9. The third kappa shape index (κ3) is 4.36. The SMILES string of the molecule is COc1ccc(C#Cc2ccc([C@@H]3[C@@H](CO)N4C(=O)CN(C(=O)c5cccnc5)C[C@H]34)cc2)cc1. The van der Waals surface area contributed by atoms with Crippen molar-refractivity contribution < 1.29 is 19.4 Å². The molecule has 2 fully saturated rings. The topological polar surface area (TPSA) is 83.0 Å². The summed E-state index contributed by atoms with van der Waals surface area (Å²) in [6.07, 6.45) is 3.12. The van der Waals surface area contributed by atoms with E-state index >= 15 is 0 Å². The van der Waals surface area contributed by atoms with Crippen LogP contribution in [0.2, 0.25) is 0 Å². The van der Waals surface area contributed by atoms with E-state index in [0.29, 0.717) is 12.1 Å². The third-order valence-electron chi connectivity index (χ3n) is 6.68. The number of amides is 2. The zero-order chi connectivity index (χ0) is 24.4. The first-order valence-electron chi connectivity index (χ1n) is 11.5. The minimum atomic E-state index is -0.292. The summed E-state index contributed by atoms with van der Waals surface area (Å²) in [6.45, 7) is 0.301. The lowest BCUT2D eigenvalue weighted by Gasteiger charge is -2.58. The van der Waals surface area contributed by atoms with Crippen LogP contribution < -0.4 is 4.74 Å². The minimum absolute atomic E-state index is 0.00728. The number of aliphatic hydroxyl groups excluding tert-OH is 1. The quantitative estimate of drug-likeness (QED) is 0.596. The molecule has 0 radical (unpaired) electrons. The van der Waals surface area contributed by atoms with Crippen LogP contribution in [0.25, 0.3) is 0 Å². The monoisotopic (exact) mass is 467 g/mol. The summed E-state index contributed by atoms with van der Waals surface area (Å²) in [5, 5.41) is 10.0. The van der Waals surface area contributed by atoms with E-state index in [1.807, 2.05) is 48.5 Å². The number of rotatable bonds is 4. The van der Waals surface area contributed by atoms with E-state index in [1.54, 1.807) is 35.2 Å². The van der Waals surface area contributed by atoms with Gasteiger partial charge in [0.05, 0.1) is 31.4 Å². The van der Waals surface area contributed by atoms with Crippen LogP contribution in [0.4, 0.5) is 0 Å². The Bertz CT molecular complexity index is 1280. The van der Waals surface area contributed by atoms with Gasteiger partial charge in [-0.05, 0) is 54.1 Å². The Morgan fingerprint density at radius 3 is 2.37 bits per heavy atom. The molecule has 0 unspecified atom stereocenters. The van der Waals surface area contributed by atoms with Crippen LogP contribution in [-0.2, 0) is 4.79 Å². The van der Waals surface area contributed by atoms with Gasteiger partial charge in [0.1, 0.15) is 12.3 Å². The molecule has 176 valence electrons. The lowest BCUT2D eigenvalue weighted by atomic mass is 9.73. The highest BCUT2D eigenvalue weighted by Gasteiger charge is 2.54. The second-order valence-corrected chi connectivity index (χ2v) is 8.67. The Labute approximate surface area is 204 Å². The Kier molecular flexibility index (Phi) is 6.21. The molecule has 0 spiro atoms. The number of benzene rings is 2. The van der Waals surface area contributed by atoms with Crippen molar-refractivity contribution in [2.24, 2.45) is 0 Å². The zero-order valence-electron chi connectivity index (χ0n) is 19.3. The van der Waals surface area contributed by atoms with Crippen molar-refractivity contribution in [1.82, 2.24) is 14.8 Å². The van der Waals surface area contributed by atoms with Gasteiger partial charge in [0.25, 0.3) is 5.91 Å². The number of hydrogen-bond acceptors (Lipinski definition) is 5. The smallest absolute Gasteiger partial charge is 0.255 e.